The van der Waals surface area contributed by atoms with Crippen molar-refractivity contribution in [1.29, 1.82) is 0 Å². The highest BCUT2D eigenvalue weighted by Crippen LogP contribution is 2.06. The fraction of sp³-hybridized carbons (Fsp3) is 0.158. The molecule has 2 aromatic carbocycles. The maximum Gasteiger partial charge on any atom is 0.316 e. The lowest BCUT2D eigenvalue weighted by atomic mass is 10.1. The minimum Gasteiger partial charge on any atom is -0.305 e. The third-order valence-electron chi connectivity index (χ3n) is 3.85. The molecule has 0 atom stereocenters. The predicted molar refractivity (Wildman–Crippen MR) is 90.7 cm³/mol. The quantitative estimate of drug-likeness (QED) is 0.692. The summed E-state index contributed by atoms with van der Waals surface area (Å²) in [5.41, 5.74) is 1.51. The minimum absolute atomic E-state index is 0.164. The van der Waals surface area contributed by atoms with Gasteiger partial charge in [-0.3, -0.25) is 9.59 Å². The Morgan fingerprint density at radius 1 is 0.833 bits per heavy atom. The topological polar surface area (TPSA) is 44.0 Å². The first-order valence-electron chi connectivity index (χ1n) is 7.63. The van der Waals surface area contributed by atoms with Gasteiger partial charge in [0.1, 0.15) is 5.82 Å². The first-order chi connectivity index (χ1) is 11.5. The van der Waals surface area contributed by atoms with Crippen LogP contribution in [0.15, 0.2) is 70.5 Å². The van der Waals surface area contributed by atoms with Gasteiger partial charge in [-0.1, -0.05) is 42.0 Å². The first kappa shape index (κ1) is 15.9. The lowest BCUT2D eigenvalue weighted by Crippen LogP contribution is -2.40. The van der Waals surface area contributed by atoms with E-state index in [0.29, 0.717) is 12.1 Å². The highest BCUT2D eigenvalue weighted by atomic mass is 19.1. The van der Waals surface area contributed by atoms with Crippen molar-refractivity contribution in [3.8, 4) is 0 Å². The van der Waals surface area contributed by atoms with Gasteiger partial charge in [-0.05, 0) is 30.2 Å². The van der Waals surface area contributed by atoms with E-state index in [4.69, 9.17) is 0 Å². The molecule has 0 amide bonds. The van der Waals surface area contributed by atoms with E-state index in [-0.39, 0.29) is 12.4 Å². The van der Waals surface area contributed by atoms with Crippen LogP contribution in [0.25, 0.3) is 0 Å². The van der Waals surface area contributed by atoms with Crippen molar-refractivity contribution < 1.29 is 4.39 Å². The summed E-state index contributed by atoms with van der Waals surface area (Å²) in [5.74, 6) is -0.367. The Balaban J connectivity index is 1.87. The molecule has 0 aliphatic rings. The zero-order chi connectivity index (χ0) is 17.1. The van der Waals surface area contributed by atoms with E-state index in [1.54, 1.807) is 24.5 Å². The van der Waals surface area contributed by atoms with Gasteiger partial charge in [0.15, 0.2) is 0 Å². The van der Waals surface area contributed by atoms with E-state index in [1.165, 1.54) is 21.3 Å². The third-order valence-corrected chi connectivity index (χ3v) is 3.85. The number of halogens is 1. The van der Waals surface area contributed by atoms with E-state index >= 15 is 0 Å². The molecule has 4 nitrogen and oxygen atoms in total. The van der Waals surface area contributed by atoms with Gasteiger partial charge in [0.2, 0.25) is 0 Å². The molecule has 0 aliphatic heterocycles. The van der Waals surface area contributed by atoms with Gasteiger partial charge in [-0.2, -0.15) is 0 Å². The van der Waals surface area contributed by atoms with Gasteiger partial charge >= 0.3 is 11.1 Å². The summed E-state index contributed by atoms with van der Waals surface area (Å²) in [6, 6.07) is 13.8. The summed E-state index contributed by atoms with van der Waals surface area (Å²) < 4.78 is 15.9. The van der Waals surface area contributed by atoms with Crippen molar-refractivity contribution in [3.05, 3.63) is 104 Å². The Morgan fingerprint density at radius 3 is 2.00 bits per heavy atom. The van der Waals surface area contributed by atoms with Crippen molar-refractivity contribution in [3.63, 3.8) is 0 Å². The van der Waals surface area contributed by atoms with Gasteiger partial charge in [0.05, 0.1) is 13.1 Å². The number of benzene rings is 2. The molecule has 0 fully saturated rings. The Bertz CT molecular complexity index is 972. The summed E-state index contributed by atoms with van der Waals surface area (Å²) >= 11 is 0. The van der Waals surface area contributed by atoms with Crippen LogP contribution in [0, 0.1) is 12.7 Å². The van der Waals surface area contributed by atoms with Crippen molar-refractivity contribution in [1.82, 2.24) is 9.13 Å². The largest absolute Gasteiger partial charge is 0.316 e. The van der Waals surface area contributed by atoms with E-state index in [9.17, 15) is 14.0 Å². The molecule has 0 bridgehead atoms. The van der Waals surface area contributed by atoms with E-state index in [2.05, 4.69) is 0 Å². The third kappa shape index (κ3) is 3.51. The van der Waals surface area contributed by atoms with Crippen LogP contribution < -0.4 is 11.1 Å². The second-order valence-corrected chi connectivity index (χ2v) is 5.78. The molecule has 5 heteroatoms. The highest BCUT2D eigenvalue weighted by molar-refractivity contribution is 5.21. The van der Waals surface area contributed by atoms with Crippen LogP contribution in [-0.4, -0.2) is 9.13 Å². The summed E-state index contributed by atoms with van der Waals surface area (Å²) in [6.45, 7) is 2.50. The average molecular weight is 324 g/mol. The van der Waals surface area contributed by atoms with Gasteiger partial charge in [-0.15, -0.1) is 0 Å². The molecule has 3 rings (SSSR count). The fourth-order valence-corrected chi connectivity index (χ4v) is 2.51. The van der Waals surface area contributed by atoms with E-state index in [1.807, 2.05) is 31.2 Å². The van der Waals surface area contributed by atoms with E-state index in [0.717, 1.165) is 11.1 Å². The molecule has 0 unspecified atom stereocenters. The summed E-state index contributed by atoms with van der Waals surface area (Å²) in [4.78, 5) is 24.5. The second kappa shape index (κ2) is 6.66. The zero-order valence-electron chi connectivity index (χ0n) is 13.3. The average Bonchev–Trinajstić information content (AvgIpc) is 2.56. The first-order valence-corrected chi connectivity index (χ1v) is 7.63. The van der Waals surface area contributed by atoms with Crippen molar-refractivity contribution in [2.75, 3.05) is 0 Å². The van der Waals surface area contributed by atoms with Crippen LogP contribution in [0.1, 0.15) is 16.7 Å². The Kier molecular flexibility index (Phi) is 4.42. The number of hydrogen-bond donors (Lipinski definition) is 0. The molecule has 0 spiro atoms. The number of aryl methyl sites for hydroxylation is 1. The molecule has 1 heterocycles. The smallest absolute Gasteiger partial charge is 0.305 e. The normalized spacial score (nSPS) is 10.8. The highest BCUT2D eigenvalue weighted by Gasteiger charge is 2.07. The minimum atomic E-state index is -0.617. The zero-order valence-corrected chi connectivity index (χ0v) is 13.3. The SMILES string of the molecule is Cc1ccc(Cn2ccn(Cc3cccc(F)c3)c(=O)c2=O)cc1. The van der Waals surface area contributed by atoms with Crippen LogP contribution in [0.5, 0.6) is 0 Å². The van der Waals surface area contributed by atoms with Crippen LogP contribution in [0.4, 0.5) is 4.39 Å². The number of nitrogens with zero attached hydrogens (tertiary/aromatic N) is 2. The maximum atomic E-state index is 13.2. The predicted octanol–water partition coefficient (Wildman–Crippen LogP) is 2.55. The molecule has 1 aromatic heterocycles. The molecule has 3 aromatic rings. The van der Waals surface area contributed by atoms with Crippen LogP contribution in [-0.2, 0) is 13.1 Å². The molecular formula is C19H17FN2O2. The van der Waals surface area contributed by atoms with Gasteiger partial charge in [0.25, 0.3) is 0 Å². The van der Waals surface area contributed by atoms with Crippen molar-refractivity contribution in [2.24, 2.45) is 0 Å². The number of hydrogen-bond acceptors (Lipinski definition) is 2. The molecule has 122 valence electrons. The monoisotopic (exact) mass is 324 g/mol. The fourth-order valence-electron chi connectivity index (χ4n) is 2.51. The van der Waals surface area contributed by atoms with E-state index < -0.39 is 11.1 Å². The van der Waals surface area contributed by atoms with Crippen molar-refractivity contribution >= 4 is 0 Å². The van der Waals surface area contributed by atoms with Gasteiger partial charge in [-0.25, -0.2) is 4.39 Å². The van der Waals surface area contributed by atoms with Crippen LogP contribution in [0.2, 0.25) is 0 Å². The standard InChI is InChI=1S/C19H17FN2O2/c1-14-5-7-15(8-6-14)12-21-9-10-22(19(24)18(21)23)13-16-3-2-4-17(20)11-16/h2-11H,12-13H2,1H3. The molecule has 0 saturated heterocycles. The number of rotatable bonds is 4. The Labute approximate surface area is 138 Å². The molecule has 0 N–H and O–H groups in total. The summed E-state index contributed by atoms with van der Waals surface area (Å²) in [7, 11) is 0. The second-order valence-electron chi connectivity index (χ2n) is 5.78. The summed E-state index contributed by atoms with van der Waals surface area (Å²) in [6.07, 6.45) is 3.14. The van der Waals surface area contributed by atoms with Gasteiger partial charge in [0, 0.05) is 12.4 Å². The lowest BCUT2D eigenvalue weighted by molar-refractivity contribution is 0.620. The van der Waals surface area contributed by atoms with Crippen LogP contribution >= 0.6 is 0 Å². The molecule has 0 aliphatic carbocycles. The van der Waals surface area contributed by atoms with Gasteiger partial charge < -0.3 is 9.13 Å². The number of aromatic nitrogens is 2. The summed E-state index contributed by atoms with van der Waals surface area (Å²) in [5, 5.41) is 0. The molecule has 0 saturated carbocycles. The molecule has 0 radical (unpaired) electrons. The molecular weight excluding hydrogens is 307 g/mol. The van der Waals surface area contributed by atoms with Crippen molar-refractivity contribution in [2.45, 2.75) is 20.0 Å². The Hall–Kier alpha value is -2.95. The Morgan fingerprint density at radius 2 is 1.42 bits per heavy atom. The lowest BCUT2D eigenvalue weighted by Gasteiger charge is -2.09. The molecule has 24 heavy (non-hydrogen) atoms. The van der Waals surface area contributed by atoms with Crippen LogP contribution in [0.3, 0.4) is 0 Å². The maximum absolute atomic E-state index is 13.2.